The normalized spacial score (nSPS) is 10.9. The third-order valence-corrected chi connectivity index (χ3v) is 4.86. The zero-order valence-electron chi connectivity index (χ0n) is 13.2. The highest BCUT2D eigenvalue weighted by molar-refractivity contribution is 7.98. The molecule has 130 valence electrons. The van der Waals surface area contributed by atoms with Gasteiger partial charge in [-0.2, -0.15) is 0 Å². The largest absolute Gasteiger partial charge is 0.306 e. The van der Waals surface area contributed by atoms with Gasteiger partial charge in [-0.25, -0.2) is 4.63 Å². The number of carbonyl (C=O) groups excluding carboxylic acids is 1. The first kappa shape index (κ1) is 17.7. The van der Waals surface area contributed by atoms with Gasteiger partial charge in [0.15, 0.2) is 16.7 Å². The van der Waals surface area contributed by atoms with Crippen LogP contribution in [0.25, 0.3) is 11.5 Å². The molecule has 0 spiro atoms. The van der Waals surface area contributed by atoms with Crippen molar-refractivity contribution < 1.29 is 9.42 Å². The zero-order valence-corrected chi connectivity index (χ0v) is 15.5. The maximum atomic E-state index is 11.2. The van der Waals surface area contributed by atoms with Crippen molar-refractivity contribution in [3.8, 4) is 11.5 Å². The molecule has 1 N–H and O–H groups in total. The SMILES string of the molecule is CC(=O)Nc1nonc1-c1nnc(SCc2ccc(Cl)cc2Cl)n1C. The Morgan fingerprint density at radius 2 is 2.12 bits per heavy atom. The summed E-state index contributed by atoms with van der Waals surface area (Å²) in [4.78, 5) is 11.2. The highest BCUT2D eigenvalue weighted by atomic mass is 35.5. The van der Waals surface area contributed by atoms with Gasteiger partial charge < -0.3 is 9.88 Å². The van der Waals surface area contributed by atoms with E-state index in [1.807, 2.05) is 6.07 Å². The molecule has 0 radical (unpaired) electrons. The number of nitrogens with zero attached hydrogens (tertiary/aromatic N) is 5. The van der Waals surface area contributed by atoms with Crippen LogP contribution in [0, 0.1) is 0 Å². The Labute approximate surface area is 156 Å². The topological polar surface area (TPSA) is 98.7 Å². The van der Waals surface area contributed by atoms with Gasteiger partial charge in [-0.3, -0.25) is 4.79 Å². The Hall–Kier alpha value is -2.10. The van der Waals surface area contributed by atoms with Crippen molar-refractivity contribution in [1.82, 2.24) is 25.1 Å². The molecule has 0 fully saturated rings. The summed E-state index contributed by atoms with van der Waals surface area (Å²) < 4.78 is 6.42. The second kappa shape index (κ2) is 7.42. The van der Waals surface area contributed by atoms with Crippen LogP contribution < -0.4 is 5.32 Å². The smallest absolute Gasteiger partial charge is 0.222 e. The van der Waals surface area contributed by atoms with Crippen LogP contribution in [0.15, 0.2) is 28.0 Å². The lowest BCUT2D eigenvalue weighted by Gasteiger charge is -2.05. The Balaban J connectivity index is 1.80. The quantitative estimate of drug-likeness (QED) is 0.657. The van der Waals surface area contributed by atoms with Crippen molar-refractivity contribution >= 4 is 46.7 Å². The third kappa shape index (κ3) is 3.94. The van der Waals surface area contributed by atoms with Crippen LogP contribution in [0.4, 0.5) is 5.82 Å². The molecule has 11 heteroatoms. The molecule has 0 aliphatic carbocycles. The van der Waals surface area contributed by atoms with E-state index >= 15 is 0 Å². The van der Waals surface area contributed by atoms with Crippen molar-refractivity contribution in [3.05, 3.63) is 33.8 Å². The molecular formula is C14H12Cl2N6O2S. The van der Waals surface area contributed by atoms with Gasteiger partial charge in [0.2, 0.25) is 11.7 Å². The highest BCUT2D eigenvalue weighted by Gasteiger charge is 2.20. The summed E-state index contributed by atoms with van der Waals surface area (Å²) >= 11 is 13.5. The van der Waals surface area contributed by atoms with E-state index in [0.29, 0.717) is 32.5 Å². The van der Waals surface area contributed by atoms with Crippen LogP contribution >= 0.6 is 35.0 Å². The summed E-state index contributed by atoms with van der Waals surface area (Å²) in [6.45, 7) is 1.37. The minimum Gasteiger partial charge on any atom is -0.306 e. The molecule has 2 aromatic heterocycles. The second-order valence-electron chi connectivity index (χ2n) is 5.03. The molecular weight excluding hydrogens is 387 g/mol. The van der Waals surface area contributed by atoms with Crippen LogP contribution in [0.2, 0.25) is 10.0 Å². The number of benzene rings is 1. The van der Waals surface area contributed by atoms with E-state index in [0.717, 1.165) is 5.56 Å². The van der Waals surface area contributed by atoms with Gasteiger partial charge in [-0.15, -0.1) is 10.2 Å². The predicted molar refractivity (Wildman–Crippen MR) is 94.6 cm³/mol. The molecule has 0 saturated carbocycles. The van der Waals surface area contributed by atoms with E-state index in [2.05, 4.69) is 30.5 Å². The van der Waals surface area contributed by atoms with Gasteiger partial charge in [0.25, 0.3) is 0 Å². The zero-order chi connectivity index (χ0) is 18.0. The van der Waals surface area contributed by atoms with Crippen LogP contribution in [0.1, 0.15) is 12.5 Å². The number of thioether (sulfide) groups is 1. The van der Waals surface area contributed by atoms with Crippen LogP contribution in [-0.4, -0.2) is 31.0 Å². The van der Waals surface area contributed by atoms with E-state index in [4.69, 9.17) is 23.2 Å². The lowest BCUT2D eigenvalue weighted by molar-refractivity contribution is -0.114. The first-order valence-corrected chi connectivity index (χ1v) is 8.76. The number of anilines is 1. The summed E-state index contributed by atoms with van der Waals surface area (Å²) in [6, 6.07) is 5.35. The number of aromatic nitrogens is 5. The monoisotopic (exact) mass is 398 g/mol. The number of carbonyl (C=O) groups is 1. The lowest BCUT2D eigenvalue weighted by Crippen LogP contribution is -2.08. The maximum absolute atomic E-state index is 11.2. The molecule has 0 unspecified atom stereocenters. The molecule has 0 bridgehead atoms. The average Bonchev–Trinajstić information content (AvgIpc) is 3.12. The van der Waals surface area contributed by atoms with Crippen molar-refractivity contribution in [3.63, 3.8) is 0 Å². The first-order chi connectivity index (χ1) is 12.0. The van der Waals surface area contributed by atoms with Crippen molar-refractivity contribution in [2.45, 2.75) is 17.8 Å². The number of hydrogen-bond donors (Lipinski definition) is 1. The Bertz CT molecular complexity index is 926. The fourth-order valence-electron chi connectivity index (χ4n) is 2.01. The Morgan fingerprint density at radius 3 is 2.84 bits per heavy atom. The van der Waals surface area contributed by atoms with E-state index in [9.17, 15) is 4.79 Å². The summed E-state index contributed by atoms with van der Waals surface area (Å²) in [6.07, 6.45) is 0. The summed E-state index contributed by atoms with van der Waals surface area (Å²) in [5, 5.41) is 20.1. The number of halogens is 2. The molecule has 0 aliphatic rings. The number of rotatable bonds is 5. The Morgan fingerprint density at radius 1 is 1.32 bits per heavy atom. The number of amides is 1. The second-order valence-corrected chi connectivity index (χ2v) is 6.82. The van der Waals surface area contributed by atoms with Crippen molar-refractivity contribution in [1.29, 1.82) is 0 Å². The molecule has 0 atom stereocenters. The molecule has 1 aromatic carbocycles. The van der Waals surface area contributed by atoms with Crippen molar-refractivity contribution in [2.75, 3.05) is 5.32 Å². The summed E-state index contributed by atoms with van der Waals surface area (Å²) in [5.74, 6) is 0.929. The minimum atomic E-state index is -0.286. The molecule has 2 heterocycles. The lowest BCUT2D eigenvalue weighted by atomic mass is 10.2. The van der Waals surface area contributed by atoms with E-state index < -0.39 is 0 Å². The highest BCUT2D eigenvalue weighted by Crippen LogP contribution is 2.30. The van der Waals surface area contributed by atoms with Crippen LogP contribution in [-0.2, 0) is 17.6 Å². The van der Waals surface area contributed by atoms with E-state index in [1.165, 1.54) is 18.7 Å². The number of hydrogen-bond acceptors (Lipinski definition) is 7. The van der Waals surface area contributed by atoms with Gasteiger partial charge in [-0.05, 0) is 28.0 Å². The molecule has 3 rings (SSSR count). The molecule has 0 saturated heterocycles. The molecule has 25 heavy (non-hydrogen) atoms. The molecule has 0 aliphatic heterocycles. The minimum absolute atomic E-state index is 0.195. The fourth-order valence-corrected chi connectivity index (χ4v) is 3.48. The van der Waals surface area contributed by atoms with Gasteiger partial charge in [0, 0.05) is 29.8 Å². The predicted octanol–water partition coefficient (Wildman–Crippen LogP) is 3.42. The van der Waals surface area contributed by atoms with Gasteiger partial charge in [0.05, 0.1) is 0 Å². The average molecular weight is 399 g/mol. The van der Waals surface area contributed by atoms with E-state index in [-0.39, 0.29) is 11.7 Å². The molecule has 1 amide bonds. The Kier molecular flexibility index (Phi) is 5.26. The number of nitrogens with one attached hydrogen (secondary N) is 1. The van der Waals surface area contributed by atoms with Gasteiger partial charge >= 0.3 is 0 Å². The van der Waals surface area contributed by atoms with E-state index in [1.54, 1.807) is 23.7 Å². The fraction of sp³-hybridized carbons (Fsp3) is 0.214. The molecule has 3 aromatic rings. The van der Waals surface area contributed by atoms with Crippen LogP contribution in [0.3, 0.4) is 0 Å². The third-order valence-electron chi connectivity index (χ3n) is 3.20. The summed E-state index contributed by atoms with van der Waals surface area (Å²) in [5.41, 5.74) is 1.24. The van der Waals surface area contributed by atoms with Gasteiger partial charge in [0.1, 0.15) is 0 Å². The van der Waals surface area contributed by atoms with Crippen LogP contribution in [0.5, 0.6) is 0 Å². The van der Waals surface area contributed by atoms with Gasteiger partial charge in [-0.1, -0.05) is 41.0 Å². The maximum Gasteiger partial charge on any atom is 0.222 e. The summed E-state index contributed by atoms with van der Waals surface area (Å²) in [7, 11) is 1.79. The van der Waals surface area contributed by atoms with Crippen molar-refractivity contribution in [2.24, 2.45) is 7.05 Å². The first-order valence-electron chi connectivity index (χ1n) is 7.02. The molecule has 8 nitrogen and oxygen atoms in total. The standard InChI is InChI=1S/C14H12Cl2N6O2S/c1-7(23)17-12-11(20-24-21-12)13-18-19-14(22(13)2)25-6-8-3-4-9(15)5-10(8)16/h3-5H,6H2,1-2H3,(H,17,21,23).